The normalized spacial score (nSPS) is 12.8. The highest BCUT2D eigenvalue weighted by Crippen LogP contribution is 2.13. The Bertz CT molecular complexity index is 328. The molecule has 0 aliphatic rings. The second-order valence-corrected chi connectivity index (χ2v) is 4.57. The van der Waals surface area contributed by atoms with Gasteiger partial charge in [-0.15, -0.1) is 0 Å². The van der Waals surface area contributed by atoms with Crippen LogP contribution >= 0.6 is 0 Å². The number of nitrogens with zero attached hydrogens (tertiary/aromatic N) is 1. The maximum absolute atomic E-state index is 5.22. The summed E-state index contributed by atoms with van der Waals surface area (Å²) in [5, 5.41) is 3.26. The van der Waals surface area contributed by atoms with E-state index in [9.17, 15) is 0 Å². The third kappa shape index (κ3) is 5.20. The van der Waals surface area contributed by atoms with Gasteiger partial charge in [-0.25, -0.2) is 0 Å². The van der Waals surface area contributed by atoms with Gasteiger partial charge in [-0.2, -0.15) is 0 Å². The van der Waals surface area contributed by atoms with Crippen molar-refractivity contribution in [2.45, 2.75) is 25.9 Å². The molecule has 1 rings (SSSR count). The highest BCUT2D eigenvalue weighted by molar-refractivity contribution is 5.28. The summed E-state index contributed by atoms with van der Waals surface area (Å²) in [5.41, 5.74) is 1.30. The summed E-state index contributed by atoms with van der Waals surface area (Å²) in [6.45, 7) is 4.27. The van der Waals surface area contributed by atoms with Crippen LogP contribution in [0, 0.1) is 0 Å². The Balaban J connectivity index is 2.41. The standard InChI is InChI=1S/C14H24N2O/c1-12(15-2)8-9-16(3)11-13-6-5-7-14(10-13)17-4/h5-7,10,12,15H,8-9,11H2,1-4H3. The monoisotopic (exact) mass is 236 g/mol. The quantitative estimate of drug-likeness (QED) is 0.785. The fourth-order valence-corrected chi connectivity index (χ4v) is 1.72. The summed E-state index contributed by atoms with van der Waals surface area (Å²) in [6.07, 6.45) is 1.16. The van der Waals surface area contributed by atoms with E-state index in [1.807, 2.05) is 19.2 Å². The van der Waals surface area contributed by atoms with Crippen molar-refractivity contribution < 1.29 is 4.74 Å². The van der Waals surface area contributed by atoms with Crippen LogP contribution in [0.1, 0.15) is 18.9 Å². The van der Waals surface area contributed by atoms with E-state index in [2.05, 4.69) is 36.3 Å². The molecule has 1 atom stereocenters. The number of nitrogens with one attached hydrogen (secondary N) is 1. The summed E-state index contributed by atoms with van der Waals surface area (Å²) in [5.74, 6) is 0.930. The molecule has 0 saturated heterocycles. The van der Waals surface area contributed by atoms with Crippen LogP contribution < -0.4 is 10.1 Å². The number of benzene rings is 1. The van der Waals surface area contributed by atoms with E-state index in [4.69, 9.17) is 4.74 Å². The first-order valence-corrected chi connectivity index (χ1v) is 6.14. The van der Waals surface area contributed by atoms with Gasteiger partial charge in [0.1, 0.15) is 5.75 Å². The summed E-state index contributed by atoms with van der Waals surface area (Å²) >= 11 is 0. The molecule has 3 heteroatoms. The molecule has 3 nitrogen and oxygen atoms in total. The average Bonchev–Trinajstić information content (AvgIpc) is 2.36. The van der Waals surface area contributed by atoms with Gasteiger partial charge in [-0.1, -0.05) is 12.1 Å². The molecule has 0 aliphatic carbocycles. The molecule has 0 fully saturated rings. The lowest BCUT2D eigenvalue weighted by Crippen LogP contribution is -2.28. The van der Waals surface area contributed by atoms with Crippen molar-refractivity contribution in [2.24, 2.45) is 0 Å². The molecule has 0 spiro atoms. The number of ether oxygens (including phenoxy) is 1. The molecule has 0 aromatic heterocycles. The molecule has 96 valence electrons. The fraction of sp³-hybridized carbons (Fsp3) is 0.571. The van der Waals surface area contributed by atoms with E-state index in [1.165, 1.54) is 5.56 Å². The molecule has 1 unspecified atom stereocenters. The molecule has 0 amide bonds. The maximum Gasteiger partial charge on any atom is 0.119 e. The van der Waals surface area contributed by atoms with E-state index in [1.54, 1.807) is 7.11 Å². The Kier molecular flexibility index (Phi) is 6.01. The molecule has 17 heavy (non-hydrogen) atoms. The largest absolute Gasteiger partial charge is 0.497 e. The van der Waals surface area contributed by atoms with Crippen molar-refractivity contribution in [3.05, 3.63) is 29.8 Å². The predicted molar refractivity (Wildman–Crippen MR) is 72.5 cm³/mol. The van der Waals surface area contributed by atoms with Gasteiger partial charge < -0.3 is 15.0 Å². The van der Waals surface area contributed by atoms with E-state index >= 15 is 0 Å². The molecule has 0 heterocycles. The minimum atomic E-state index is 0.572. The van der Waals surface area contributed by atoms with Gasteiger partial charge in [0.05, 0.1) is 7.11 Å². The summed E-state index contributed by atoms with van der Waals surface area (Å²) in [4.78, 5) is 2.34. The molecular weight excluding hydrogens is 212 g/mol. The zero-order valence-electron chi connectivity index (χ0n) is 11.4. The molecule has 1 aromatic carbocycles. The minimum absolute atomic E-state index is 0.572. The topological polar surface area (TPSA) is 24.5 Å². The summed E-state index contributed by atoms with van der Waals surface area (Å²) < 4.78 is 5.22. The van der Waals surface area contributed by atoms with E-state index in [-0.39, 0.29) is 0 Å². The number of hydrogen-bond acceptors (Lipinski definition) is 3. The van der Waals surface area contributed by atoms with Gasteiger partial charge >= 0.3 is 0 Å². The first-order valence-electron chi connectivity index (χ1n) is 6.14. The zero-order chi connectivity index (χ0) is 12.7. The van der Waals surface area contributed by atoms with Crippen molar-refractivity contribution in [3.63, 3.8) is 0 Å². The van der Waals surface area contributed by atoms with Crippen molar-refractivity contribution in [1.82, 2.24) is 10.2 Å². The highest BCUT2D eigenvalue weighted by atomic mass is 16.5. The van der Waals surface area contributed by atoms with E-state index < -0.39 is 0 Å². The van der Waals surface area contributed by atoms with Gasteiger partial charge in [0.25, 0.3) is 0 Å². The molecule has 0 bridgehead atoms. The Hall–Kier alpha value is -1.06. The minimum Gasteiger partial charge on any atom is -0.497 e. The molecule has 1 aromatic rings. The van der Waals surface area contributed by atoms with Crippen LogP contribution in [-0.4, -0.2) is 38.7 Å². The van der Waals surface area contributed by atoms with Gasteiger partial charge in [0.2, 0.25) is 0 Å². The van der Waals surface area contributed by atoms with Crippen LogP contribution in [-0.2, 0) is 6.54 Å². The Morgan fingerprint density at radius 3 is 2.82 bits per heavy atom. The number of rotatable bonds is 7. The predicted octanol–water partition coefficient (Wildman–Crippen LogP) is 2.12. The lowest BCUT2D eigenvalue weighted by atomic mass is 10.2. The summed E-state index contributed by atoms with van der Waals surface area (Å²) in [7, 11) is 5.87. The van der Waals surface area contributed by atoms with Crippen LogP contribution in [0.3, 0.4) is 0 Å². The molecule has 0 aliphatic heterocycles. The van der Waals surface area contributed by atoms with Gasteiger partial charge in [0.15, 0.2) is 0 Å². The van der Waals surface area contributed by atoms with Crippen molar-refractivity contribution in [3.8, 4) is 5.75 Å². The van der Waals surface area contributed by atoms with Crippen molar-refractivity contribution in [2.75, 3.05) is 27.7 Å². The van der Waals surface area contributed by atoms with Gasteiger partial charge in [0, 0.05) is 12.6 Å². The molecular formula is C14H24N2O. The van der Waals surface area contributed by atoms with Crippen LogP contribution in [0.5, 0.6) is 5.75 Å². The Morgan fingerprint density at radius 1 is 1.41 bits per heavy atom. The average molecular weight is 236 g/mol. The van der Waals surface area contributed by atoms with Gasteiger partial charge in [-0.05, 0) is 51.7 Å². The van der Waals surface area contributed by atoms with Crippen LogP contribution in [0.15, 0.2) is 24.3 Å². The SMILES string of the molecule is CNC(C)CCN(C)Cc1cccc(OC)c1. The molecule has 1 N–H and O–H groups in total. The van der Waals surface area contributed by atoms with Gasteiger partial charge in [-0.3, -0.25) is 0 Å². The zero-order valence-corrected chi connectivity index (χ0v) is 11.4. The van der Waals surface area contributed by atoms with Crippen LogP contribution in [0.2, 0.25) is 0 Å². The summed E-state index contributed by atoms with van der Waals surface area (Å²) in [6, 6.07) is 8.83. The van der Waals surface area contributed by atoms with Crippen LogP contribution in [0.4, 0.5) is 0 Å². The van der Waals surface area contributed by atoms with E-state index in [0.29, 0.717) is 6.04 Å². The second-order valence-electron chi connectivity index (χ2n) is 4.57. The smallest absolute Gasteiger partial charge is 0.119 e. The van der Waals surface area contributed by atoms with Crippen molar-refractivity contribution in [1.29, 1.82) is 0 Å². The lowest BCUT2D eigenvalue weighted by molar-refractivity contribution is 0.306. The fourth-order valence-electron chi connectivity index (χ4n) is 1.72. The maximum atomic E-state index is 5.22. The van der Waals surface area contributed by atoms with Crippen LogP contribution in [0.25, 0.3) is 0 Å². The first kappa shape index (κ1) is 14.0. The molecule has 0 radical (unpaired) electrons. The second kappa shape index (κ2) is 7.30. The van der Waals surface area contributed by atoms with E-state index in [0.717, 1.165) is 25.3 Å². The third-order valence-electron chi connectivity index (χ3n) is 3.02. The number of methoxy groups -OCH3 is 1. The Morgan fingerprint density at radius 2 is 2.18 bits per heavy atom. The first-order chi connectivity index (χ1) is 8.15. The molecule has 0 saturated carbocycles. The van der Waals surface area contributed by atoms with Crippen molar-refractivity contribution >= 4 is 0 Å². The lowest BCUT2D eigenvalue weighted by Gasteiger charge is -2.19. The highest BCUT2D eigenvalue weighted by Gasteiger charge is 2.04. The third-order valence-corrected chi connectivity index (χ3v) is 3.02. The Labute approximate surface area is 105 Å². The number of hydrogen-bond donors (Lipinski definition) is 1.